The Morgan fingerprint density at radius 3 is 0.857 bits per heavy atom. The van der Waals surface area contributed by atoms with E-state index in [0.29, 0.717) is 16.0 Å². The molecule has 6 heteroatoms. The van der Waals surface area contributed by atoms with Gasteiger partial charge in [0.1, 0.15) is 0 Å². The number of alkyl halides is 1. The van der Waals surface area contributed by atoms with E-state index in [9.17, 15) is 0 Å². The summed E-state index contributed by atoms with van der Waals surface area (Å²) in [5, 5.41) is 2.79. The van der Waals surface area contributed by atoms with Crippen LogP contribution in [0.4, 0.5) is 0 Å². The van der Waals surface area contributed by atoms with Crippen LogP contribution in [0.5, 0.6) is 0 Å². The molecule has 0 N–H and O–H groups in total. The Morgan fingerprint density at radius 2 is 0.629 bits per heavy atom. The molecule has 0 aliphatic rings. The molecule has 0 fully saturated rings. The minimum atomic E-state index is -0.172. The van der Waals surface area contributed by atoms with Crippen molar-refractivity contribution >= 4 is 58.0 Å². The number of halogens is 5. The largest absolute Gasteiger partial charge is 0.113 e. The minimum Gasteiger partial charge on any atom is -0.113 e. The maximum Gasteiger partial charge on any atom is 0.0835 e. The van der Waals surface area contributed by atoms with Crippen LogP contribution in [-0.2, 0) is 19.5 Å². The molecule has 0 bridgehead atoms. The van der Waals surface area contributed by atoms with Gasteiger partial charge in [0.25, 0.3) is 0 Å². The van der Waals surface area contributed by atoms with E-state index in [1.54, 1.807) is 0 Å². The SMILES string of the molecule is C.C.CC(c1ccc(Cl)cc1)c1ccc(Cl)cc1.Clc1ccc(C(Cl)c2ccc(Cl)cc2)cc1.[Zn]. The molecule has 0 aliphatic heterocycles. The van der Waals surface area contributed by atoms with Gasteiger partial charge in [-0.05, 0) is 70.8 Å². The molecule has 0 aliphatic carbocycles. The molecule has 4 aromatic carbocycles. The van der Waals surface area contributed by atoms with Gasteiger partial charge >= 0.3 is 0 Å². The maximum atomic E-state index is 6.35. The van der Waals surface area contributed by atoms with Crippen LogP contribution in [0.15, 0.2) is 97.1 Å². The average molecular weight is 620 g/mol. The van der Waals surface area contributed by atoms with Gasteiger partial charge in [0.05, 0.1) is 5.38 Å². The predicted octanol–water partition coefficient (Wildman–Crippen LogP) is 11.7. The molecular formula is C29H29Cl5Zn. The topological polar surface area (TPSA) is 0 Å². The van der Waals surface area contributed by atoms with Gasteiger partial charge in [-0.2, -0.15) is 0 Å². The van der Waals surface area contributed by atoms with Gasteiger partial charge in [-0.15, -0.1) is 11.6 Å². The molecular weight excluding hydrogens is 591 g/mol. The fourth-order valence-electron chi connectivity index (χ4n) is 3.15. The van der Waals surface area contributed by atoms with Crippen molar-refractivity contribution in [2.24, 2.45) is 0 Å². The van der Waals surface area contributed by atoms with E-state index in [0.717, 1.165) is 21.2 Å². The van der Waals surface area contributed by atoms with Crippen molar-refractivity contribution in [3.63, 3.8) is 0 Å². The molecule has 0 saturated heterocycles. The van der Waals surface area contributed by atoms with Crippen LogP contribution in [0.1, 0.15) is 55.3 Å². The zero-order chi connectivity index (χ0) is 23.1. The van der Waals surface area contributed by atoms with Gasteiger partial charge in [0.2, 0.25) is 0 Å². The summed E-state index contributed by atoms with van der Waals surface area (Å²) in [6.45, 7) is 2.17. The van der Waals surface area contributed by atoms with Crippen LogP contribution in [0.3, 0.4) is 0 Å². The second-order valence-electron chi connectivity index (χ2n) is 7.29. The quantitative estimate of drug-likeness (QED) is 0.157. The van der Waals surface area contributed by atoms with Crippen LogP contribution in [0.2, 0.25) is 20.1 Å². The van der Waals surface area contributed by atoms with Crippen molar-refractivity contribution in [3.05, 3.63) is 139 Å². The number of benzene rings is 4. The Labute approximate surface area is 248 Å². The molecule has 0 saturated carbocycles. The second kappa shape index (κ2) is 16.6. The Kier molecular flexibility index (Phi) is 16.2. The van der Waals surface area contributed by atoms with Crippen LogP contribution in [0.25, 0.3) is 0 Å². The number of rotatable bonds is 4. The first-order valence-electron chi connectivity index (χ1n) is 9.99. The first kappa shape index (κ1) is 34.0. The molecule has 0 amide bonds. The van der Waals surface area contributed by atoms with E-state index in [-0.39, 0.29) is 39.7 Å². The van der Waals surface area contributed by atoms with E-state index in [1.165, 1.54) is 11.1 Å². The van der Waals surface area contributed by atoms with Crippen molar-refractivity contribution in [2.75, 3.05) is 0 Å². The first-order valence-corrected chi connectivity index (χ1v) is 11.9. The number of hydrogen-bond acceptors (Lipinski definition) is 0. The third kappa shape index (κ3) is 10.5. The van der Waals surface area contributed by atoms with Crippen LogP contribution in [-0.4, -0.2) is 0 Å². The van der Waals surface area contributed by atoms with Crippen molar-refractivity contribution in [1.82, 2.24) is 0 Å². The molecule has 4 rings (SSSR count). The van der Waals surface area contributed by atoms with E-state index < -0.39 is 0 Å². The second-order valence-corrected chi connectivity index (χ2v) is 9.47. The van der Waals surface area contributed by atoms with Crippen LogP contribution < -0.4 is 0 Å². The zero-order valence-corrected chi connectivity index (χ0v) is 24.7. The van der Waals surface area contributed by atoms with E-state index in [2.05, 4.69) is 31.2 Å². The fourth-order valence-corrected chi connectivity index (χ4v) is 3.95. The maximum absolute atomic E-state index is 6.35. The summed E-state index contributed by atoms with van der Waals surface area (Å²) in [6, 6.07) is 31.0. The van der Waals surface area contributed by atoms with Gasteiger partial charge < -0.3 is 0 Å². The van der Waals surface area contributed by atoms with Crippen LogP contribution >= 0.6 is 58.0 Å². The molecule has 35 heavy (non-hydrogen) atoms. The molecule has 182 valence electrons. The molecule has 0 aromatic heterocycles. The van der Waals surface area contributed by atoms with Gasteiger partial charge in [-0.1, -0.05) is 117 Å². The smallest absolute Gasteiger partial charge is 0.0835 e. The van der Waals surface area contributed by atoms with Gasteiger partial charge in [0, 0.05) is 45.5 Å². The van der Waals surface area contributed by atoms with Crippen LogP contribution in [0, 0.1) is 0 Å². The first-order chi connectivity index (χ1) is 15.3. The fraction of sp³-hybridized carbons (Fsp3) is 0.172. The predicted molar refractivity (Wildman–Crippen MR) is 154 cm³/mol. The Morgan fingerprint density at radius 1 is 0.429 bits per heavy atom. The summed E-state index contributed by atoms with van der Waals surface area (Å²) in [6.07, 6.45) is 0. The molecule has 4 aromatic rings. The van der Waals surface area contributed by atoms with Crippen molar-refractivity contribution in [3.8, 4) is 0 Å². The normalized spacial score (nSPS) is 9.83. The Balaban J connectivity index is 0.000000608. The molecule has 0 atom stereocenters. The standard InChI is InChI=1S/C14H12Cl2.C13H9Cl3.2CH4.Zn/c1-10(11-2-6-13(15)7-3-11)12-4-8-14(16)9-5-12;14-11-5-1-9(2-6-11)13(16)10-3-7-12(15)8-4-10;;;/h2-10H,1H3;1-8,13H;2*1H4;. The minimum absolute atomic E-state index is 0. The monoisotopic (exact) mass is 616 g/mol. The summed E-state index contributed by atoms with van der Waals surface area (Å²) in [5.74, 6) is 0.356. The molecule has 0 heterocycles. The average Bonchev–Trinajstić information content (AvgIpc) is 2.81. The summed E-state index contributed by atoms with van der Waals surface area (Å²) >= 11 is 29.7. The Hall–Kier alpha value is -1.05. The molecule has 0 unspecified atom stereocenters. The van der Waals surface area contributed by atoms with E-state index in [1.807, 2.05) is 72.8 Å². The van der Waals surface area contributed by atoms with E-state index >= 15 is 0 Å². The summed E-state index contributed by atoms with van der Waals surface area (Å²) in [7, 11) is 0. The van der Waals surface area contributed by atoms with Gasteiger partial charge in [-0.25, -0.2) is 0 Å². The molecule has 0 spiro atoms. The summed E-state index contributed by atoms with van der Waals surface area (Å²) in [5.41, 5.74) is 4.56. The third-order valence-corrected chi connectivity index (χ3v) is 6.58. The van der Waals surface area contributed by atoms with Crippen molar-refractivity contribution in [2.45, 2.75) is 33.1 Å². The zero-order valence-electron chi connectivity index (χ0n) is 18.0. The third-order valence-electron chi connectivity index (χ3n) is 5.07. The Bertz CT molecular complexity index is 926. The molecule has 0 nitrogen and oxygen atoms in total. The van der Waals surface area contributed by atoms with E-state index in [4.69, 9.17) is 58.0 Å². The van der Waals surface area contributed by atoms with Gasteiger partial charge in [-0.3, -0.25) is 0 Å². The van der Waals surface area contributed by atoms with Gasteiger partial charge in [0.15, 0.2) is 0 Å². The van der Waals surface area contributed by atoms with Crippen molar-refractivity contribution in [1.29, 1.82) is 0 Å². The summed E-state index contributed by atoms with van der Waals surface area (Å²) in [4.78, 5) is 0. The molecule has 0 radical (unpaired) electrons. The van der Waals surface area contributed by atoms with Crippen molar-refractivity contribution < 1.29 is 19.5 Å². The summed E-state index contributed by atoms with van der Waals surface area (Å²) < 4.78 is 0. The number of hydrogen-bond donors (Lipinski definition) is 0.